The van der Waals surface area contributed by atoms with Gasteiger partial charge in [-0.3, -0.25) is 9.59 Å². The molecule has 0 fully saturated rings. The van der Waals surface area contributed by atoms with Crippen molar-refractivity contribution in [1.29, 1.82) is 0 Å². The zero-order valence-corrected chi connectivity index (χ0v) is 20.3. The highest BCUT2D eigenvalue weighted by atomic mass is 16.4. The Hall–Kier alpha value is -5.33. The van der Waals surface area contributed by atoms with Crippen molar-refractivity contribution in [2.24, 2.45) is 0 Å². The minimum absolute atomic E-state index is 0.0150. The van der Waals surface area contributed by atoms with Gasteiger partial charge in [0, 0.05) is 19.5 Å². The zero-order chi connectivity index (χ0) is 27.0. The summed E-state index contributed by atoms with van der Waals surface area (Å²) in [5.74, 6) is -1.71. The third kappa shape index (κ3) is 4.84. The summed E-state index contributed by atoms with van der Waals surface area (Å²) in [5, 5.41) is 18.7. The molecule has 5 N–H and O–H groups in total. The van der Waals surface area contributed by atoms with Gasteiger partial charge in [-0.25, -0.2) is 14.8 Å². The van der Waals surface area contributed by atoms with E-state index in [2.05, 4.69) is 30.7 Å². The minimum atomic E-state index is -1.04. The second-order valence-electron chi connectivity index (χ2n) is 8.55. The fraction of sp³-hybridized carbons (Fsp3) is 0.160. The highest BCUT2D eigenvalue weighted by Crippen LogP contribution is 2.18. The highest BCUT2D eigenvalue weighted by molar-refractivity contribution is 5.98. The van der Waals surface area contributed by atoms with Gasteiger partial charge in [0.1, 0.15) is 16.9 Å². The van der Waals surface area contributed by atoms with Crippen LogP contribution < -0.4 is 16.4 Å². The number of rotatable bonds is 7. The lowest BCUT2D eigenvalue weighted by Crippen LogP contribution is -2.30. The van der Waals surface area contributed by atoms with Gasteiger partial charge in [-0.15, -0.1) is 5.10 Å². The molecule has 0 bridgehead atoms. The number of aromatic nitrogens is 5. The average Bonchev–Trinajstić information content (AvgIpc) is 3.46. The lowest BCUT2D eigenvalue weighted by molar-refractivity contribution is 0.0696. The molecule has 0 spiro atoms. The third-order valence-electron chi connectivity index (χ3n) is 5.81. The molecule has 0 unspecified atom stereocenters. The van der Waals surface area contributed by atoms with Crippen LogP contribution in [0, 0.1) is 6.92 Å². The first-order valence-corrected chi connectivity index (χ1v) is 11.5. The third-order valence-corrected chi connectivity index (χ3v) is 5.81. The van der Waals surface area contributed by atoms with E-state index in [1.165, 1.54) is 22.7 Å². The Labute approximate surface area is 214 Å². The standard InChI is InChI=1S/C25H22N8O5/c1-12(15-4-6-16(7-5-15)23(36)37)28-21(34)18-10-19(33-25(30-18)31-24(26)32-33)22(35)27-11-14-3-8-20-17(9-14)29-13(2)38-20/h3-10,12H,11H2,1-2H3,(H2,26,32)(H,27,35)(H,28,34)(H,36,37)/t12-/m0/s1. The number of anilines is 1. The SMILES string of the molecule is Cc1nc2cc(CNC(=O)c3cc(C(=O)N[C@@H](C)c4ccc(C(=O)O)cc4)nc4nc(N)nn34)ccc2o1. The van der Waals surface area contributed by atoms with Crippen molar-refractivity contribution in [2.45, 2.75) is 26.4 Å². The van der Waals surface area contributed by atoms with Gasteiger partial charge in [0.25, 0.3) is 17.6 Å². The predicted molar refractivity (Wildman–Crippen MR) is 134 cm³/mol. The van der Waals surface area contributed by atoms with E-state index in [-0.39, 0.29) is 35.2 Å². The molecule has 13 heteroatoms. The van der Waals surface area contributed by atoms with Gasteiger partial charge >= 0.3 is 5.97 Å². The van der Waals surface area contributed by atoms with Crippen LogP contribution in [-0.2, 0) is 6.54 Å². The second kappa shape index (κ2) is 9.61. The smallest absolute Gasteiger partial charge is 0.335 e. The summed E-state index contributed by atoms with van der Waals surface area (Å²) in [7, 11) is 0. The molecular formula is C25H22N8O5. The van der Waals surface area contributed by atoms with Gasteiger partial charge in [0.05, 0.1) is 11.6 Å². The summed E-state index contributed by atoms with van der Waals surface area (Å²) in [4.78, 5) is 49.7. The summed E-state index contributed by atoms with van der Waals surface area (Å²) in [6.45, 7) is 3.67. The van der Waals surface area contributed by atoms with Crippen LogP contribution in [0.5, 0.6) is 0 Å². The number of amides is 2. The largest absolute Gasteiger partial charge is 0.478 e. The molecule has 38 heavy (non-hydrogen) atoms. The average molecular weight is 515 g/mol. The van der Waals surface area contributed by atoms with Crippen molar-refractivity contribution in [1.82, 2.24) is 35.2 Å². The number of nitrogen functional groups attached to an aromatic ring is 1. The summed E-state index contributed by atoms with van der Waals surface area (Å²) in [5.41, 5.74) is 8.61. The molecule has 5 aromatic rings. The lowest BCUT2D eigenvalue weighted by Gasteiger charge is -2.15. The van der Waals surface area contributed by atoms with Crippen molar-refractivity contribution in [3.05, 3.63) is 82.5 Å². The van der Waals surface area contributed by atoms with E-state index in [1.807, 2.05) is 12.1 Å². The van der Waals surface area contributed by atoms with Crippen LogP contribution in [0.4, 0.5) is 5.95 Å². The van der Waals surface area contributed by atoms with Crippen LogP contribution in [0.25, 0.3) is 16.9 Å². The molecule has 3 aromatic heterocycles. The number of oxazole rings is 1. The van der Waals surface area contributed by atoms with E-state index >= 15 is 0 Å². The van der Waals surface area contributed by atoms with Crippen molar-refractivity contribution >= 4 is 40.6 Å². The Morgan fingerprint density at radius 3 is 2.55 bits per heavy atom. The number of carboxylic acids is 1. The molecule has 0 saturated carbocycles. The van der Waals surface area contributed by atoms with Crippen LogP contribution in [0.3, 0.4) is 0 Å². The topological polar surface area (TPSA) is 191 Å². The van der Waals surface area contributed by atoms with Crippen molar-refractivity contribution < 1.29 is 23.9 Å². The first-order valence-electron chi connectivity index (χ1n) is 11.5. The number of aromatic carboxylic acids is 1. The summed E-state index contributed by atoms with van der Waals surface area (Å²) >= 11 is 0. The van der Waals surface area contributed by atoms with Crippen molar-refractivity contribution in [3.63, 3.8) is 0 Å². The van der Waals surface area contributed by atoms with Gasteiger partial charge in [0.2, 0.25) is 5.95 Å². The van der Waals surface area contributed by atoms with Crippen LogP contribution >= 0.6 is 0 Å². The second-order valence-corrected chi connectivity index (χ2v) is 8.55. The van der Waals surface area contributed by atoms with Crippen LogP contribution in [0.2, 0.25) is 0 Å². The van der Waals surface area contributed by atoms with E-state index in [9.17, 15) is 14.4 Å². The number of carbonyl (C=O) groups is 3. The maximum Gasteiger partial charge on any atom is 0.335 e. The van der Waals surface area contributed by atoms with E-state index in [4.69, 9.17) is 15.3 Å². The van der Waals surface area contributed by atoms with Crippen LogP contribution in [0.1, 0.15) is 61.3 Å². The number of nitrogens with zero attached hydrogens (tertiary/aromatic N) is 5. The fourth-order valence-electron chi connectivity index (χ4n) is 3.90. The maximum absolute atomic E-state index is 13.1. The number of hydrogen-bond acceptors (Lipinski definition) is 9. The van der Waals surface area contributed by atoms with E-state index in [0.717, 1.165) is 5.56 Å². The Morgan fingerprint density at radius 2 is 1.82 bits per heavy atom. The number of aryl methyl sites for hydroxylation is 1. The molecule has 5 rings (SSSR count). The first kappa shape index (κ1) is 24.4. The van der Waals surface area contributed by atoms with Gasteiger partial charge in [-0.1, -0.05) is 18.2 Å². The molecule has 2 amide bonds. The summed E-state index contributed by atoms with van der Waals surface area (Å²) in [6, 6.07) is 12.4. The van der Waals surface area contributed by atoms with Crippen molar-refractivity contribution in [2.75, 3.05) is 5.73 Å². The van der Waals surface area contributed by atoms with Gasteiger partial charge in [0.15, 0.2) is 11.5 Å². The molecule has 0 aliphatic carbocycles. The number of carboxylic acid groups (broad SMARTS) is 1. The highest BCUT2D eigenvalue weighted by Gasteiger charge is 2.21. The van der Waals surface area contributed by atoms with Gasteiger partial charge in [-0.05, 0) is 42.3 Å². The van der Waals surface area contributed by atoms with Crippen LogP contribution in [-0.4, -0.2) is 47.5 Å². The molecule has 0 saturated heterocycles. The minimum Gasteiger partial charge on any atom is -0.478 e. The summed E-state index contributed by atoms with van der Waals surface area (Å²) < 4.78 is 6.64. The Bertz CT molecular complexity index is 1710. The predicted octanol–water partition coefficient (Wildman–Crippen LogP) is 2.28. The molecule has 0 aliphatic rings. The molecule has 13 nitrogen and oxygen atoms in total. The summed E-state index contributed by atoms with van der Waals surface area (Å²) in [6.07, 6.45) is 0. The maximum atomic E-state index is 13.1. The molecule has 192 valence electrons. The molecule has 0 aliphatic heterocycles. The number of fused-ring (bicyclic) bond motifs is 2. The monoisotopic (exact) mass is 514 g/mol. The molecular weight excluding hydrogens is 492 g/mol. The molecule has 1 atom stereocenters. The zero-order valence-electron chi connectivity index (χ0n) is 20.3. The van der Waals surface area contributed by atoms with E-state index in [0.29, 0.717) is 22.6 Å². The molecule has 3 heterocycles. The van der Waals surface area contributed by atoms with Gasteiger partial charge in [-0.2, -0.15) is 9.50 Å². The van der Waals surface area contributed by atoms with Gasteiger partial charge < -0.3 is 25.9 Å². The number of nitrogens with one attached hydrogen (secondary N) is 2. The Kier molecular flexibility index (Phi) is 6.16. The molecule has 2 aromatic carbocycles. The Balaban J connectivity index is 1.36. The quantitative estimate of drug-likeness (QED) is 0.250. The fourth-order valence-corrected chi connectivity index (χ4v) is 3.90. The number of carbonyl (C=O) groups excluding carboxylic acids is 2. The van der Waals surface area contributed by atoms with Crippen LogP contribution in [0.15, 0.2) is 52.9 Å². The molecule has 0 radical (unpaired) electrons. The van der Waals surface area contributed by atoms with Crippen molar-refractivity contribution in [3.8, 4) is 0 Å². The van der Waals surface area contributed by atoms with E-state index in [1.54, 1.807) is 32.0 Å². The number of benzene rings is 2. The van der Waals surface area contributed by atoms with E-state index < -0.39 is 23.8 Å². The first-order chi connectivity index (χ1) is 18.2. The normalized spacial score (nSPS) is 11.9. The number of nitrogens with two attached hydrogens (primary N) is 1. The number of hydrogen-bond donors (Lipinski definition) is 4. The lowest BCUT2D eigenvalue weighted by atomic mass is 10.1. The Morgan fingerprint density at radius 1 is 1.05 bits per heavy atom.